The lowest BCUT2D eigenvalue weighted by atomic mass is 9.92. The normalized spacial score (nSPS) is 21.8. The van der Waals surface area contributed by atoms with Crippen molar-refractivity contribution in [2.75, 3.05) is 23.3 Å². The summed E-state index contributed by atoms with van der Waals surface area (Å²) in [5.74, 6) is 1.19. The lowest BCUT2D eigenvalue weighted by Crippen LogP contribution is -2.48. The van der Waals surface area contributed by atoms with Gasteiger partial charge in [-0.2, -0.15) is 4.98 Å². The van der Waals surface area contributed by atoms with Crippen molar-refractivity contribution in [1.29, 1.82) is 0 Å². The SMILES string of the molecule is Cc1cc(N2C[C@H]3CC[C@@H](C2)[C@H]3Nc2nc(Oc3cc(F)cc(Cl)c3)n(CC(F)F)n2)ncn1. The standard InChI is InChI=1S/C22H23ClF3N7O/c1-12-4-19(28-11-27-12)32-8-13-2-3-14(9-32)20(13)29-21-30-22(33(31-21)10-18(25)26)34-17-6-15(23)5-16(24)7-17/h4-7,11,13-14,18,20H,2-3,8-10H2,1H3,(H,29,31)/t13-,14+,20+. The van der Waals surface area contributed by atoms with Crippen LogP contribution in [0.4, 0.5) is 24.9 Å². The summed E-state index contributed by atoms with van der Waals surface area (Å²) < 4.78 is 46.5. The zero-order chi connectivity index (χ0) is 23.8. The third-order valence-electron chi connectivity index (χ3n) is 6.24. The van der Waals surface area contributed by atoms with E-state index in [1.54, 1.807) is 6.33 Å². The van der Waals surface area contributed by atoms with Gasteiger partial charge in [0, 0.05) is 42.0 Å². The number of halogens is 4. The fourth-order valence-corrected chi connectivity index (χ4v) is 5.03. The molecule has 3 atom stereocenters. The van der Waals surface area contributed by atoms with Crippen LogP contribution < -0.4 is 15.0 Å². The number of ether oxygens (including phenoxy) is 1. The number of alkyl halides is 2. The molecule has 8 nitrogen and oxygen atoms in total. The number of benzene rings is 1. The molecule has 2 aromatic heterocycles. The summed E-state index contributed by atoms with van der Waals surface area (Å²) >= 11 is 5.87. The van der Waals surface area contributed by atoms with Crippen molar-refractivity contribution in [3.05, 3.63) is 47.1 Å². The van der Waals surface area contributed by atoms with E-state index in [1.165, 1.54) is 6.07 Å². The van der Waals surface area contributed by atoms with Gasteiger partial charge in [-0.1, -0.05) is 11.6 Å². The molecule has 1 aliphatic heterocycles. The van der Waals surface area contributed by atoms with Crippen LogP contribution in [0.1, 0.15) is 18.5 Å². The third-order valence-corrected chi connectivity index (χ3v) is 6.46. The van der Waals surface area contributed by atoms with Crippen LogP contribution in [-0.4, -0.2) is 50.3 Å². The summed E-state index contributed by atoms with van der Waals surface area (Å²) in [5.41, 5.74) is 0.915. The van der Waals surface area contributed by atoms with Gasteiger partial charge < -0.3 is 15.0 Å². The molecule has 180 valence electrons. The molecule has 2 bridgehead atoms. The Balaban J connectivity index is 1.33. The Labute approximate surface area is 199 Å². The van der Waals surface area contributed by atoms with Crippen LogP contribution in [0.25, 0.3) is 0 Å². The number of rotatable bonds is 7. The van der Waals surface area contributed by atoms with E-state index in [-0.39, 0.29) is 28.8 Å². The maximum absolute atomic E-state index is 13.7. The molecule has 5 rings (SSSR count). The van der Waals surface area contributed by atoms with Crippen LogP contribution in [0.3, 0.4) is 0 Å². The molecule has 2 aliphatic rings. The van der Waals surface area contributed by atoms with Gasteiger partial charge >= 0.3 is 6.01 Å². The largest absolute Gasteiger partial charge is 0.424 e. The topological polar surface area (TPSA) is 81.0 Å². The van der Waals surface area contributed by atoms with Crippen molar-refractivity contribution >= 4 is 23.4 Å². The van der Waals surface area contributed by atoms with Crippen LogP contribution in [-0.2, 0) is 6.54 Å². The van der Waals surface area contributed by atoms with E-state index in [1.807, 2.05) is 13.0 Å². The number of anilines is 2. The number of aryl methyl sites for hydroxylation is 1. The molecule has 0 radical (unpaired) electrons. The Morgan fingerprint density at radius 1 is 1.15 bits per heavy atom. The summed E-state index contributed by atoms with van der Waals surface area (Å²) in [5, 5.41) is 7.66. The second kappa shape index (κ2) is 9.28. The smallest absolute Gasteiger partial charge is 0.322 e. The van der Waals surface area contributed by atoms with E-state index in [4.69, 9.17) is 16.3 Å². The molecule has 1 aromatic carbocycles. The van der Waals surface area contributed by atoms with Crippen molar-refractivity contribution in [2.45, 2.75) is 38.8 Å². The highest BCUT2D eigenvalue weighted by molar-refractivity contribution is 6.30. The van der Waals surface area contributed by atoms with Crippen LogP contribution in [0.15, 0.2) is 30.6 Å². The predicted molar refractivity (Wildman–Crippen MR) is 120 cm³/mol. The van der Waals surface area contributed by atoms with Gasteiger partial charge in [0.15, 0.2) is 0 Å². The molecule has 1 saturated carbocycles. The molecule has 0 amide bonds. The van der Waals surface area contributed by atoms with Crippen molar-refractivity contribution in [1.82, 2.24) is 24.7 Å². The molecule has 0 spiro atoms. The van der Waals surface area contributed by atoms with E-state index < -0.39 is 18.8 Å². The van der Waals surface area contributed by atoms with Crippen molar-refractivity contribution < 1.29 is 17.9 Å². The lowest BCUT2D eigenvalue weighted by Gasteiger charge is -2.38. The van der Waals surface area contributed by atoms with E-state index in [9.17, 15) is 13.2 Å². The fraction of sp³-hybridized carbons (Fsp3) is 0.455. The summed E-state index contributed by atoms with van der Waals surface area (Å²) in [6, 6.07) is 5.51. The predicted octanol–water partition coefficient (Wildman–Crippen LogP) is 4.55. The average Bonchev–Trinajstić information content (AvgIpc) is 3.21. The van der Waals surface area contributed by atoms with Crippen molar-refractivity contribution in [3.8, 4) is 11.8 Å². The first-order valence-corrected chi connectivity index (χ1v) is 11.4. The Hall–Kier alpha value is -3.08. The molecular weight excluding hydrogens is 471 g/mol. The first-order valence-electron chi connectivity index (χ1n) is 11.0. The third kappa shape index (κ3) is 4.89. The second-order valence-corrected chi connectivity index (χ2v) is 9.13. The molecule has 3 heterocycles. The maximum atomic E-state index is 13.7. The van der Waals surface area contributed by atoms with Crippen LogP contribution in [0.2, 0.25) is 5.02 Å². The van der Waals surface area contributed by atoms with E-state index in [0.717, 1.165) is 54.3 Å². The monoisotopic (exact) mass is 493 g/mol. The number of fused-ring (bicyclic) bond motifs is 2. The molecule has 34 heavy (non-hydrogen) atoms. The molecule has 3 aromatic rings. The highest BCUT2D eigenvalue weighted by Crippen LogP contribution is 2.40. The molecule has 1 aliphatic carbocycles. The van der Waals surface area contributed by atoms with Gasteiger partial charge in [-0.15, -0.1) is 5.10 Å². The minimum atomic E-state index is -2.66. The number of hydrogen-bond donors (Lipinski definition) is 1. The first kappa shape index (κ1) is 22.7. The summed E-state index contributed by atoms with van der Waals surface area (Å²) in [6.07, 6.45) is 0.977. The highest BCUT2D eigenvalue weighted by atomic mass is 35.5. The van der Waals surface area contributed by atoms with E-state index in [0.29, 0.717) is 11.8 Å². The molecule has 12 heteroatoms. The Kier molecular flexibility index (Phi) is 6.20. The van der Waals surface area contributed by atoms with Crippen LogP contribution in [0, 0.1) is 24.6 Å². The Morgan fingerprint density at radius 2 is 1.91 bits per heavy atom. The van der Waals surface area contributed by atoms with Crippen molar-refractivity contribution in [3.63, 3.8) is 0 Å². The van der Waals surface area contributed by atoms with E-state index >= 15 is 0 Å². The minimum absolute atomic E-state index is 0.0491. The Morgan fingerprint density at radius 3 is 2.59 bits per heavy atom. The lowest BCUT2D eigenvalue weighted by molar-refractivity contribution is 0.118. The molecule has 2 fully saturated rings. The van der Waals surface area contributed by atoms with Gasteiger partial charge in [0.05, 0.1) is 0 Å². The van der Waals surface area contributed by atoms with Gasteiger partial charge in [-0.05, 0) is 43.7 Å². The summed E-state index contributed by atoms with van der Waals surface area (Å²) in [4.78, 5) is 15.1. The number of nitrogens with one attached hydrogen (secondary N) is 1. The van der Waals surface area contributed by atoms with Gasteiger partial charge in [0.25, 0.3) is 6.43 Å². The number of piperidine rings is 1. The molecule has 0 unspecified atom stereocenters. The van der Waals surface area contributed by atoms with Gasteiger partial charge in [-0.25, -0.2) is 27.8 Å². The van der Waals surface area contributed by atoms with Crippen molar-refractivity contribution in [2.24, 2.45) is 11.8 Å². The zero-order valence-corrected chi connectivity index (χ0v) is 19.1. The van der Waals surface area contributed by atoms with Gasteiger partial charge in [-0.3, -0.25) is 0 Å². The summed E-state index contributed by atoms with van der Waals surface area (Å²) in [7, 11) is 0. The van der Waals surface area contributed by atoms with E-state index in [2.05, 4.69) is 30.3 Å². The summed E-state index contributed by atoms with van der Waals surface area (Å²) in [6.45, 7) is 2.86. The van der Waals surface area contributed by atoms with Gasteiger partial charge in [0.2, 0.25) is 5.95 Å². The number of aromatic nitrogens is 5. The molecule has 1 saturated heterocycles. The maximum Gasteiger partial charge on any atom is 0.322 e. The minimum Gasteiger partial charge on any atom is -0.424 e. The Bertz CT molecular complexity index is 1140. The molecular formula is C22H23ClF3N7O. The molecule has 1 N–H and O–H groups in total. The quantitative estimate of drug-likeness (QED) is 0.517. The number of hydrogen-bond acceptors (Lipinski definition) is 7. The fourth-order valence-electron chi connectivity index (χ4n) is 4.81. The van der Waals surface area contributed by atoms with Gasteiger partial charge in [0.1, 0.15) is 30.3 Å². The van der Waals surface area contributed by atoms with Crippen LogP contribution >= 0.6 is 11.6 Å². The second-order valence-electron chi connectivity index (χ2n) is 8.69. The zero-order valence-electron chi connectivity index (χ0n) is 18.3. The first-order chi connectivity index (χ1) is 16.3. The van der Waals surface area contributed by atoms with Crippen LogP contribution in [0.5, 0.6) is 11.8 Å². The highest BCUT2D eigenvalue weighted by Gasteiger charge is 2.43. The average molecular weight is 494 g/mol. The number of nitrogens with zero attached hydrogens (tertiary/aromatic N) is 6.